The van der Waals surface area contributed by atoms with Gasteiger partial charge in [0.05, 0.1) is 17.8 Å². The molecule has 1 aliphatic rings. The largest absolute Gasteiger partial charge is 0.385 e. The maximum atomic E-state index is 9.49. The minimum absolute atomic E-state index is 0.297. The Bertz CT molecular complexity index is 644. The van der Waals surface area contributed by atoms with Crippen LogP contribution < -0.4 is 5.73 Å². The molecule has 0 radical (unpaired) electrons. The van der Waals surface area contributed by atoms with Gasteiger partial charge in [0, 0.05) is 32.2 Å². The lowest BCUT2D eigenvalue weighted by molar-refractivity contribution is -0.0406. The first-order chi connectivity index (χ1) is 9.91. The summed E-state index contributed by atoms with van der Waals surface area (Å²) in [5.74, 6) is 0.454. The average molecular weight is 307 g/mol. The molecule has 1 aromatic heterocycles. The standard InChI is InChI=1S/C15H21N3O2S/c1-15(2)7-10-11(8-16)13(17)18(5-4-6-19-3)14(21)12(10)9-20-15/h4-7,9,17H2,1-3H3. The molecule has 1 aromatic rings. The predicted molar refractivity (Wildman–Crippen MR) is 83.5 cm³/mol. The van der Waals surface area contributed by atoms with E-state index in [9.17, 15) is 5.26 Å². The van der Waals surface area contributed by atoms with Gasteiger partial charge in [0.25, 0.3) is 0 Å². The summed E-state index contributed by atoms with van der Waals surface area (Å²) >= 11 is 5.55. The lowest BCUT2D eigenvalue weighted by Gasteiger charge is -2.33. The summed E-state index contributed by atoms with van der Waals surface area (Å²) in [6.07, 6.45) is 1.45. The smallest absolute Gasteiger partial charge is 0.122 e. The number of nitrogen functional groups attached to an aromatic ring is 1. The van der Waals surface area contributed by atoms with Crippen molar-refractivity contribution in [1.82, 2.24) is 4.57 Å². The van der Waals surface area contributed by atoms with Crippen molar-refractivity contribution in [2.24, 2.45) is 0 Å². The number of fused-ring (bicyclic) bond motifs is 1. The third-order valence-electron chi connectivity index (χ3n) is 3.77. The number of nitrogens with zero attached hydrogens (tertiary/aromatic N) is 2. The number of rotatable bonds is 4. The number of nitrogens with two attached hydrogens (primary N) is 1. The van der Waals surface area contributed by atoms with E-state index in [0.717, 1.165) is 17.5 Å². The normalized spacial score (nSPS) is 16.3. The topological polar surface area (TPSA) is 73.2 Å². The molecule has 0 saturated heterocycles. The predicted octanol–water partition coefficient (Wildman–Crippen LogP) is 2.56. The number of nitriles is 1. The van der Waals surface area contributed by atoms with Crippen LogP contribution in [0.3, 0.4) is 0 Å². The van der Waals surface area contributed by atoms with Crippen molar-refractivity contribution in [2.75, 3.05) is 19.5 Å². The highest BCUT2D eigenvalue weighted by Gasteiger charge is 2.30. The van der Waals surface area contributed by atoms with E-state index in [4.69, 9.17) is 27.4 Å². The van der Waals surface area contributed by atoms with Gasteiger partial charge in [-0.2, -0.15) is 5.26 Å². The van der Waals surface area contributed by atoms with Crippen LogP contribution in [0.4, 0.5) is 5.82 Å². The third-order valence-corrected chi connectivity index (χ3v) is 4.23. The average Bonchev–Trinajstić information content (AvgIpc) is 2.42. The zero-order valence-corrected chi connectivity index (χ0v) is 13.5. The molecule has 2 N–H and O–H groups in total. The molecule has 21 heavy (non-hydrogen) atoms. The number of ether oxygens (including phenoxy) is 2. The highest BCUT2D eigenvalue weighted by molar-refractivity contribution is 7.71. The fourth-order valence-electron chi connectivity index (χ4n) is 2.64. The molecule has 0 spiro atoms. The molecule has 0 amide bonds. The van der Waals surface area contributed by atoms with Gasteiger partial charge < -0.3 is 19.8 Å². The Morgan fingerprint density at radius 1 is 1.48 bits per heavy atom. The number of methoxy groups -OCH3 is 1. The molecular formula is C15H21N3O2S. The van der Waals surface area contributed by atoms with E-state index in [1.165, 1.54) is 0 Å². The monoisotopic (exact) mass is 307 g/mol. The number of anilines is 1. The van der Waals surface area contributed by atoms with Gasteiger partial charge in [-0.3, -0.25) is 0 Å². The Morgan fingerprint density at radius 2 is 2.19 bits per heavy atom. The van der Waals surface area contributed by atoms with Crippen molar-refractivity contribution >= 4 is 18.0 Å². The lowest BCUT2D eigenvalue weighted by atomic mass is 9.89. The van der Waals surface area contributed by atoms with Crippen LogP contribution in [0.5, 0.6) is 0 Å². The summed E-state index contributed by atoms with van der Waals surface area (Å²) in [5.41, 5.74) is 8.29. The fraction of sp³-hybridized carbons (Fsp3) is 0.600. The molecule has 2 heterocycles. The van der Waals surface area contributed by atoms with Gasteiger partial charge in [0.1, 0.15) is 16.5 Å². The second-order valence-electron chi connectivity index (χ2n) is 5.86. The molecule has 0 atom stereocenters. The van der Waals surface area contributed by atoms with Crippen LogP contribution in [0, 0.1) is 16.0 Å². The van der Waals surface area contributed by atoms with Crippen LogP contribution in [0.15, 0.2) is 0 Å². The zero-order valence-electron chi connectivity index (χ0n) is 12.7. The van der Waals surface area contributed by atoms with E-state index in [1.807, 2.05) is 18.4 Å². The third kappa shape index (κ3) is 3.10. The van der Waals surface area contributed by atoms with Crippen LogP contribution in [-0.4, -0.2) is 23.9 Å². The van der Waals surface area contributed by atoms with Crippen molar-refractivity contribution in [3.8, 4) is 6.07 Å². The first kappa shape index (κ1) is 16.0. The molecular weight excluding hydrogens is 286 g/mol. The van der Waals surface area contributed by atoms with Crippen LogP contribution in [0.2, 0.25) is 0 Å². The SMILES string of the molecule is COCCCn1c(N)c(C#N)c2c(c1=S)COC(C)(C)C2. The van der Waals surface area contributed by atoms with Crippen molar-refractivity contribution < 1.29 is 9.47 Å². The van der Waals surface area contributed by atoms with Gasteiger partial charge >= 0.3 is 0 Å². The number of aromatic nitrogens is 1. The van der Waals surface area contributed by atoms with Crippen molar-refractivity contribution in [3.05, 3.63) is 21.3 Å². The Labute approximate surface area is 130 Å². The molecule has 0 aliphatic carbocycles. The van der Waals surface area contributed by atoms with Gasteiger partial charge in [0.15, 0.2) is 0 Å². The van der Waals surface area contributed by atoms with Gasteiger partial charge in [-0.25, -0.2) is 0 Å². The second-order valence-corrected chi connectivity index (χ2v) is 6.24. The summed E-state index contributed by atoms with van der Waals surface area (Å²) < 4.78 is 13.4. The Hall–Kier alpha value is -1.42. The summed E-state index contributed by atoms with van der Waals surface area (Å²) in [5, 5.41) is 9.49. The summed E-state index contributed by atoms with van der Waals surface area (Å²) in [7, 11) is 1.66. The minimum atomic E-state index is -0.297. The maximum Gasteiger partial charge on any atom is 0.122 e. The van der Waals surface area contributed by atoms with E-state index in [0.29, 0.717) is 42.2 Å². The van der Waals surface area contributed by atoms with Crippen LogP contribution in [0.25, 0.3) is 0 Å². The van der Waals surface area contributed by atoms with Crippen LogP contribution in [-0.2, 0) is 29.0 Å². The molecule has 114 valence electrons. The quantitative estimate of drug-likeness (QED) is 0.683. The molecule has 0 aromatic carbocycles. The molecule has 0 bridgehead atoms. The number of hydrogen-bond acceptors (Lipinski definition) is 5. The van der Waals surface area contributed by atoms with Gasteiger partial charge in [-0.15, -0.1) is 0 Å². The van der Waals surface area contributed by atoms with Crippen molar-refractivity contribution in [1.29, 1.82) is 5.26 Å². The first-order valence-electron chi connectivity index (χ1n) is 6.98. The molecule has 1 aliphatic heterocycles. The van der Waals surface area contributed by atoms with Crippen LogP contribution >= 0.6 is 12.2 Å². The lowest BCUT2D eigenvalue weighted by Crippen LogP contribution is -2.33. The Kier molecular flexibility index (Phi) is 4.67. The highest BCUT2D eigenvalue weighted by atomic mass is 32.1. The summed E-state index contributed by atoms with van der Waals surface area (Å²) in [6, 6.07) is 2.24. The maximum absolute atomic E-state index is 9.49. The van der Waals surface area contributed by atoms with Gasteiger partial charge in [-0.1, -0.05) is 12.2 Å². The van der Waals surface area contributed by atoms with E-state index < -0.39 is 0 Å². The summed E-state index contributed by atoms with van der Waals surface area (Å²) in [4.78, 5) is 0. The van der Waals surface area contributed by atoms with Crippen molar-refractivity contribution in [3.63, 3.8) is 0 Å². The van der Waals surface area contributed by atoms with Crippen molar-refractivity contribution in [2.45, 2.75) is 45.4 Å². The molecule has 2 rings (SSSR count). The van der Waals surface area contributed by atoms with E-state index >= 15 is 0 Å². The molecule has 6 heteroatoms. The minimum Gasteiger partial charge on any atom is -0.385 e. The first-order valence-corrected chi connectivity index (χ1v) is 7.39. The summed E-state index contributed by atoms with van der Waals surface area (Å²) in [6.45, 7) is 5.72. The van der Waals surface area contributed by atoms with Gasteiger partial charge in [-0.05, 0) is 25.8 Å². The van der Waals surface area contributed by atoms with E-state index in [-0.39, 0.29) is 5.60 Å². The second kappa shape index (κ2) is 6.14. The molecule has 0 saturated carbocycles. The number of pyridine rings is 1. The highest BCUT2D eigenvalue weighted by Crippen LogP contribution is 2.33. The fourth-order valence-corrected chi connectivity index (χ4v) is 3.02. The molecule has 5 nitrogen and oxygen atoms in total. The Balaban J connectivity index is 2.53. The van der Waals surface area contributed by atoms with E-state index in [2.05, 4.69) is 6.07 Å². The molecule has 0 unspecified atom stereocenters. The van der Waals surface area contributed by atoms with Crippen LogP contribution in [0.1, 0.15) is 37.0 Å². The van der Waals surface area contributed by atoms with E-state index in [1.54, 1.807) is 7.11 Å². The van der Waals surface area contributed by atoms with Gasteiger partial charge in [0.2, 0.25) is 0 Å². The number of hydrogen-bond donors (Lipinski definition) is 1. The molecule has 0 fully saturated rings. The zero-order chi connectivity index (χ0) is 15.6. The Morgan fingerprint density at radius 3 is 2.81 bits per heavy atom.